The molecule has 29 heavy (non-hydrogen) atoms. The maximum absolute atomic E-state index is 14.6. The highest BCUT2D eigenvalue weighted by molar-refractivity contribution is 7.87. The lowest BCUT2D eigenvalue weighted by atomic mass is 9.88. The third-order valence-corrected chi connectivity index (χ3v) is 8.25. The predicted molar refractivity (Wildman–Crippen MR) is 119 cm³/mol. The highest BCUT2D eigenvalue weighted by atomic mass is 32.1. The van der Waals surface area contributed by atoms with E-state index in [2.05, 4.69) is 25.3 Å². The lowest BCUT2D eigenvalue weighted by Crippen LogP contribution is -2.60. The number of aliphatic hydroxyl groups is 1. The number of methoxy groups -OCH3 is 1. The molecule has 0 amide bonds. The zero-order valence-electron chi connectivity index (χ0n) is 15.8. The lowest BCUT2D eigenvalue weighted by molar-refractivity contribution is -0.218. The fourth-order valence-electron chi connectivity index (χ4n) is 3.97. The smallest absolute Gasteiger partial charge is 0.208 e. The fourth-order valence-corrected chi connectivity index (χ4v) is 5.40. The molecule has 2 fully saturated rings. The molecule has 2 aliphatic heterocycles. The van der Waals surface area contributed by atoms with E-state index in [0.717, 1.165) is 11.3 Å². The summed E-state index contributed by atoms with van der Waals surface area (Å²) in [5.41, 5.74) is 1.14. The molecular weight excluding hydrogens is 431 g/mol. The molecule has 0 spiro atoms. The van der Waals surface area contributed by atoms with Crippen LogP contribution in [0.25, 0.3) is 0 Å². The molecule has 0 aliphatic carbocycles. The van der Waals surface area contributed by atoms with Crippen LogP contribution in [0.4, 0.5) is 4.39 Å². The predicted octanol–water partition coefficient (Wildman–Crippen LogP) is 3.26. The number of hydrogen-bond acceptors (Lipinski definition) is 7. The molecule has 5 atom stereocenters. The van der Waals surface area contributed by atoms with Crippen molar-refractivity contribution in [2.75, 3.05) is 20.3 Å². The second-order valence-corrected chi connectivity index (χ2v) is 9.20. The molecule has 2 aliphatic rings. The summed E-state index contributed by atoms with van der Waals surface area (Å²) in [7, 11) is 1.60. The van der Waals surface area contributed by atoms with Gasteiger partial charge in [0.2, 0.25) is 5.79 Å². The van der Waals surface area contributed by atoms with E-state index in [1.54, 1.807) is 19.2 Å². The molecule has 4 rings (SSSR count). The van der Waals surface area contributed by atoms with Gasteiger partial charge in [-0.15, -0.1) is 0 Å². The standard InChI is InChI=1S/C21H23FO4S3/c1-24-15-5-2-12(3-6-15)8-13-9-14(4-7-16(13)22)21-19(29)17(27)18(28)20(10-23,26-21)11-25-21/h2-7,9,17-19,23,27-29H,8,10-11H2,1H3/t17-,18+,19+,20-,21-/m0/s1. The van der Waals surface area contributed by atoms with Crippen LogP contribution < -0.4 is 4.74 Å². The Hall–Kier alpha value is -0.900. The highest BCUT2D eigenvalue weighted by Crippen LogP contribution is 2.54. The van der Waals surface area contributed by atoms with Crippen LogP contribution in [-0.2, 0) is 21.7 Å². The summed E-state index contributed by atoms with van der Waals surface area (Å²) < 4.78 is 32.1. The van der Waals surface area contributed by atoms with Gasteiger partial charge in [-0.3, -0.25) is 0 Å². The average Bonchev–Trinajstić information content (AvgIpc) is 3.13. The van der Waals surface area contributed by atoms with Gasteiger partial charge in [0, 0.05) is 22.5 Å². The molecule has 0 saturated carbocycles. The van der Waals surface area contributed by atoms with Crippen LogP contribution in [0.5, 0.6) is 5.75 Å². The van der Waals surface area contributed by atoms with E-state index in [4.69, 9.17) is 26.8 Å². The van der Waals surface area contributed by atoms with Gasteiger partial charge in [0.05, 0.1) is 25.6 Å². The van der Waals surface area contributed by atoms with Crippen molar-refractivity contribution < 1.29 is 23.7 Å². The van der Waals surface area contributed by atoms with Gasteiger partial charge in [-0.2, -0.15) is 37.9 Å². The average molecular weight is 455 g/mol. The quantitative estimate of drug-likeness (QED) is 0.524. The monoisotopic (exact) mass is 454 g/mol. The van der Waals surface area contributed by atoms with E-state index < -0.39 is 16.6 Å². The topological polar surface area (TPSA) is 47.9 Å². The molecule has 0 aromatic heterocycles. The van der Waals surface area contributed by atoms with Crippen LogP contribution >= 0.6 is 37.9 Å². The minimum atomic E-state index is -1.22. The number of rotatable bonds is 5. The maximum Gasteiger partial charge on any atom is 0.208 e. The first kappa shape index (κ1) is 21.3. The van der Waals surface area contributed by atoms with Crippen molar-refractivity contribution in [3.63, 3.8) is 0 Å². The van der Waals surface area contributed by atoms with Crippen LogP contribution in [0.3, 0.4) is 0 Å². The number of benzene rings is 2. The largest absolute Gasteiger partial charge is 0.497 e. The van der Waals surface area contributed by atoms with E-state index in [-0.39, 0.29) is 29.5 Å². The van der Waals surface area contributed by atoms with Gasteiger partial charge in [0.1, 0.15) is 17.2 Å². The molecule has 1 N–H and O–H groups in total. The van der Waals surface area contributed by atoms with E-state index in [1.165, 1.54) is 6.07 Å². The summed E-state index contributed by atoms with van der Waals surface area (Å²) in [5.74, 6) is -0.788. The molecular formula is C21H23FO4S3. The third kappa shape index (κ3) is 3.47. The second kappa shape index (κ2) is 7.98. The van der Waals surface area contributed by atoms with Crippen LogP contribution in [-0.4, -0.2) is 46.8 Å². The van der Waals surface area contributed by atoms with Crippen molar-refractivity contribution in [3.05, 3.63) is 65.0 Å². The van der Waals surface area contributed by atoms with E-state index in [1.807, 2.05) is 24.3 Å². The summed E-state index contributed by atoms with van der Waals surface area (Å²) in [4.78, 5) is 0. The molecule has 2 bridgehead atoms. The van der Waals surface area contributed by atoms with E-state index in [9.17, 15) is 9.50 Å². The molecule has 2 aromatic carbocycles. The summed E-state index contributed by atoms with van der Waals surface area (Å²) in [6, 6.07) is 12.3. The first-order valence-corrected chi connectivity index (χ1v) is 10.8. The van der Waals surface area contributed by atoms with Gasteiger partial charge in [-0.1, -0.05) is 18.2 Å². The SMILES string of the molecule is COc1ccc(Cc2cc([C@]34OC[C@](CO)(O3)[C@H](S)[C@H](S)[C@H]4S)ccc2F)cc1. The van der Waals surface area contributed by atoms with Crippen LogP contribution in [0.15, 0.2) is 42.5 Å². The summed E-state index contributed by atoms with van der Waals surface area (Å²) >= 11 is 14.0. The number of fused-ring (bicyclic) bond motifs is 2. The number of hydrogen-bond donors (Lipinski definition) is 4. The molecule has 2 heterocycles. The molecule has 2 saturated heterocycles. The highest BCUT2D eigenvalue weighted by Gasteiger charge is 2.65. The number of thiol groups is 3. The van der Waals surface area contributed by atoms with Crippen molar-refractivity contribution in [2.45, 2.75) is 33.6 Å². The van der Waals surface area contributed by atoms with Crippen LogP contribution in [0.1, 0.15) is 16.7 Å². The van der Waals surface area contributed by atoms with Gasteiger partial charge in [0.15, 0.2) is 0 Å². The number of aliphatic hydroxyl groups excluding tert-OH is 1. The molecule has 4 nitrogen and oxygen atoms in total. The van der Waals surface area contributed by atoms with E-state index >= 15 is 0 Å². The summed E-state index contributed by atoms with van der Waals surface area (Å²) in [6.07, 6.45) is 0.404. The van der Waals surface area contributed by atoms with Gasteiger partial charge in [-0.05, 0) is 35.4 Å². The zero-order chi connectivity index (χ0) is 20.8. The Labute approximate surface area is 186 Å². The maximum atomic E-state index is 14.6. The Morgan fingerprint density at radius 1 is 1.14 bits per heavy atom. The second-order valence-electron chi connectivity index (χ2n) is 7.49. The van der Waals surface area contributed by atoms with Gasteiger partial charge in [0.25, 0.3) is 0 Å². The zero-order valence-corrected chi connectivity index (χ0v) is 18.5. The van der Waals surface area contributed by atoms with E-state index in [0.29, 0.717) is 17.5 Å². The van der Waals surface area contributed by atoms with Crippen LogP contribution in [0, 0.1) is 5.82 Å². The number of halogens is 1. The van der Waals surface area contributed by atoms with Gasteiger partial charge >= 0.3 is 0 Å². The third-order valence-electron chi connectivity index (χ3n) is 5.73. The van der Waals surface area contributed by atoms with Gasteiger partial charge in [-0.25, -0.2) is 4.39 Å². The fraction of sp³-hybridized carbons (Fsp3) is 0.429. The molecule has 0 unspecified atom stereocenters. The molecule has 0 radical (unpaired) electrons. The van der Waals surface area contributed by atoms with Crippen molar-refractivity contribution >= 4 is 37.9 Å². The molecule has 156 valence electrons. The van der Waals surface area contributed by atoms with Crippen LogP contribution in [0.2, 0.25) is 0 Å². The Balaban J connectivity index is 1.69. The number of ether oxygens (including phenoxy) is 3. The summed E-state index contributed by atoms with van der Waals surface area (Å²) in [6.45, 7) is -0.0860. The van der Waals surface area contributed by atoms with Crippen molar-refractivity contribution in [2.24, 2.45) is 0 Å². The van der Waals surface area contributed by atoms with Gasteiger partial charge < -0.3 is 19.3 Å². The minimum absolute atomic E-state index is 0.164. The van der Waals surface area contributed by atoms with Crippen molar-refractivity contribution in [1.82, 2.24) is 0 Å². The van der Waals surface area contributed by atoms with Crippen molar-refractivity contribution in [3.8, 4) is 5.75 Å². The molecule has 8 heteroatoms. The Morgan fingerprint density at radius 3 is 2.52 bits per heavy atom. The Bertz CT molecular complexity index is 896. The summed E-state index contributed by atoms with van der Waals surface area (Å²) in [5, 5.41) is 8.86. The first-order valence-electron chi connectivity index (χ1n) is 9.26. The lowest BCUT2D eigenvalue weighted by Gasteiger charge is -2.47. The first-order chi connectivity index (χ1) is 13.8. The minimum Gasteiger partial charge on any atom is -0.497 e. The molecule has 2 aromatic rings. The normalized spacial score (nSPS) is 33.7. The van der Waals surface area contributed by atoms with Crippen molar-refractivity contribution in [1.29, 1.82) is 0 Å². The Kier molecular flexibility index (Phi) is 5.87. The Morgan fingerprint density at radius 2 is 1.86 bits per heavy atom.